The number of fused-ring (bicyclic) bond motifs is 4. The molecule has 0 radical (unpaired) electrons. The van der Waals surface area contributed by atoms with Crippen LogP contribution in [0.5, 0.6) is 23.0 Å². The van der Waals surface area contributed by atoms with Gasteiger partial charge in [-0.2, -0.15) is 0 Å². The number of hydrogen-bond donors (Lipinski definition) is 1. The molecule has 4 aromatic rings. The number of aromatic amines is 1. The number of Topliss-reactive ketones (excluding diaryl/α,β-unsaturated/α-hetero) is 1. The second kappa shape index (κ2) is 8.67. The number of aromatic nitrogens is 1. The van der Waals surface area contributed by atoms with E-state index in [2.05, 4.69) is 4.98 Å². The molecule has 8 nitrogen and oxygen atoms in total. The van der Waals surface area contributed by atoms with Crippen molar-refractivity contribution in [2.75, 3.05) is 14.2 Å². The molecule has 2 aliphatic rings. The van der Waals surface area contributed by atoms with Gasteiger partial charge in [-0.05, 0) is 60.2 Å². The smallest absolute Gasteiger partial charge is 0.312 e. The van der Waals surface area contributed by atoms with Gasteiger partial charge >= 0.3 is 5.97 Å². The second-order valence-corrected chi connectivity index (χ2v) is 8.80. The molecule has 1 atom stereocenters. The fourth-order valence-corrected chi connectivity index (χ4v) is 4.81. The molecule has 0 saturated heterocycles. The molecule has 2 aliphatic heterocycles. The molecular formula is C29H21NO7. The maximum Gasteiger partial charge on any atom is 0.312 e. The van der Waals surface area contributed by atoms with Crippen LogP contribution in [0.15, 0.2) is 71.2 Å². The van der Waals surface area contributed by atoms with E-state index in [9.17, 15) is 14.4 Å². The molecule has 0 bridgehead atoms. The van der Waals surface area contributed by atoms with E-state index in [0.717, 1.165) is 10.9 Å². The van der Waals surface area contributed by atoms with Gasteiger partial charge in [0.1, 0.15) is 23.0 Å². The van der Waals surface area contributed by atoms with Gasteiger partial charge < -0.3 is 23.9 Å². The molecule has 6 rings (SSSR count). The molecule has 0 aliphatic carbocycles. The molecule has 0 amide bonds. The number of carbonyl (C=O) groups excluding carboxylic acids is 2. The average Bonchev–Trinajstić information content (AvgIpc) is 3.22. The van der Waals surface area contributed by atoms with Crippen LogP contribution in [0.4, 0.5) is 0 Å². The van der Waals surface area contributed by atoms with Crippen LogP contribution in [0.1, 0.15) is 39.4 Å². The third-order valence-corrected chi connectivity index (χ3v) is 6.65. The summed E-state index contributed by atoms with van der Waals surface area (Å²) < 4.78 is 22.1. The molecule has 0 spiro atoms. The minimum atomic E-state index is -0.668. The third kappa shape index (κ3) is 3.83. The van der Waals surface area contributed by atoms with Crippen LogP contribution in [-0.2, 0) is 4.79 Å². The van der Waals surface area contributed by atoms with E-state index < -0.39 is 11.9 Å². The highest BCUT2D eigenvalue weighted by molar-refractivity contribution is 6.15. The number of benzene rings is 3. The fourth-order valence-electron chi connectivity index (χ4n) is 4.81. The van der Waals surface area contributed by atoms with Gasteiger partial charge in [-0.25, -0.2) is 0 Å². The molecule has 3 heterocycles. The zero-order valence-corrected chi connectivity index (χ0v) is 20.0. The number of ether oxygens (including phenoxy) is 4. The summed E-state index contributed by atoms with van der Waals surface area (Å²) in [6.07, 6.45) is 1.57. The number of methoxy groups -OCH3 is 2. The van der Waals surface area contributed by atoms with E-state index >= 15 is 0 Å². The van der Waals surface area contributed by atoms with Crippen LogP contribution in [0.3, 0.4) is 0 Å². The summed E-state index contributed by atoms with van der Waals surface area (Å²) in [6.45, 7) is 0. The Balaban J connectivity index is 1.47. The second-order valence-electron chi connectivity index (χ2n) is 8.80. The van der Waals surface area contributed by atoms with Crippen LogP contribution >= 0.6 is 0 Å². The van der Waals surface area contributed by atoms with E-state index in [0.29, 0.717) is 39.5 Å². The summed E-state index contributed by atoms with van der Waals surface area (Å²) >= 11 is 0. The monoisotopic (exact) mass is 495 g/mol. The number of allylic oxidation sites excluding steroid dienone is 1. The minimum absolute atomic E-state index is 0.0723. The van der Waals surface area contributed by atoms with Gasteiger partial charge in [0.15, 0.2) is 5.76 Å². The first-order valence-electron chi connectivity index (χ1n) is 11.6. The summed E-state index contributed by atoms with van der Waals surface area (Å²) in [7, 11) is 3.15. The number of ketones is 1. The van der Waals surface area contributed by atoms with Gasteiger partial charge in [0, 0.05) is 27.9 Å². The number of carbonyl (C=O) groups is 2. The Morgan fingerprint density at radius 3 is 2.41 bits per heavy atom. The van der Waals surface area contributed by atoms with E-state index in [1.165, 1.54) is 0 Å². The Kier molecular flexibility index (Phi) is 5.30. The van der Waals surface area contributed by atoms with Crippen LogP contribution in [-0.4, -0.2) is 31.0 Å². The van der Waals surface area contributed by atoms with E-state index in [1.807, 2.05) is 18.2 Å². The maximum absolute atomic E-state index is 13.2. The van der Waals surface area contributed by atoms with Gasteiger partial charge in [0.05, 0.1) is 26.2 Å². The lowest BCUT2D eigenvalue weighted by Gasteiger charge is -2.26. The lowest BCUT2D eigenvalue weighted by atomic mass is 9.85. The summed E-state index contributed by atoms with van der Waals surface area (Å²) in [6, 6.07) is 17.4. The maximum atomic E-state index is 13.2. The number of rotatable bonds is 4. The van der Waals surface area contributed by atoms with Gasteiger partial charge in [0.25, 0.3) is 5.56 Å². The molecule has 0 saturated carbocycles. The van der Waals surface area contributed by atoms with Crippen molar-refractivity contribution in [2.24, 2.45) is 0 Å². The van der Waals surface area contributed by atoms with Crippen molar-refractivity contribution in [1.29, 1.82) is 0 Å². The Labute approximate surface area is 211 Å². The predicted octanol–water partition coefficient (Wildman–Crippen LogP) is 4.60. The molecule has 8 heteroatoms. The number of H-pyrrole nitrogens is 1. The summed E-state index contributed by atoms with van der Waals surface area (Å²) in [4.78, 5) is 41.8. The topological polar surface area (TPSA) is 104 Å². The van der Waals surface area contributed by atoms with Crippen LogP contribution < -0.4 is 24.5 Å². The Hall–Kier alpha value is -4.85. The zero-order valence-electron chi connectivity index (χ0n) is 20.0. The van der Waals surface area contributed by atoms with Gasteiger partial charge in [-0.3, -0.25) is 14.4 Å². The average molecular weight is 495 g/mol. The fraction of sp³-hybridized carbons (Fsp3) is 0.138. The van der Waals surface area contributed by atoms with Gasteiger partial charge in [-0.15, -0.1) is 0 Å². The molecule has 3 aromatic carbocycles. The standard InChI is InChI=1S/C29H21NO7/c1-34-17-5-3-15(4-6-17)11-24-27(32)19-8-10-23-26(28(19)37-24)20(14-25(31)36-23)21-13-16-12-18(35-2)7-9-22(16)30-29(21)33/h3-13,20H,14H2,1-2H3,(H,30,33). The number of hydrogen-bond acceptors (Lipinski definition) is 7. The first-order chi connectivity index (χ1) is 17.9. The Bertz CT molecular complexity index is 1680. The minimum Gasteiger partial charge on any atom is -0.497 e. The molecule has 37 heavy (non-hydrogen) atoms. The molecule has 1 aromatic heterocycles. The normalized spacial score (nSPS) is 17.2. The highest BCUT2D eigenvalue weighted by Crippen LogP contribution is 2.48. The van der Waals surface area contributed by atoms with Crippen molar-refractivity contribution in [3.05, 3.63) is 99.0 Å². The van der Waals surface area contributed by atoms with Crippen molar-refractivity contribution in [2.45, 2.75) is 12.3 Å². The Morgan fingerprint density at radius 2 is 1.65 bits per heavy atom. The van der Waals surface area contributed by atoms with Crippen molar-refractivity contribution in [3.63, 3.8) is 0 Å². The van der Waals surface area contributed by atoms with Crippen LogP contribution in [0.25, 0.3) is 17.0 Å². The summed E-state index contributed by atoms with van der Waals surface area (Å²) in [5.74, 6) is 0.606. The van der Waals surface area contributed by atoms with Crippen LogP contribution in [0, 0.1) is 0 Å². The largest absolute Gasteiger partial charge is 0.497 e. The number of pyridine rings is 1. The highest BCUT2D eigenvalue weighted by atomic mass is 16.5. The number of nitrogens with one attached hydrogen (secondary N) is 1. The summed E-state index contributed by atoms with van der Waals surface area (Å²) in [5, 5.41) is 0.749. The van der Waals surface area contributed by atoms with Crippen molar-refractivity contribution < 1.29 is 28.5 Å². The van der Waals surface area contributed by atoms with Crippen molar-refractivity contribution in [1.82, 2.24) is 4.98 Å². The molecule has 0 fully saturated rings. The molecule has 1 unspecified atom stereocenters. The molecule has 184 valence electrons. The van der Waals surface area contributed by atoms with Crippen molar-refractivity contribution in [3.8, 4) is 23.0 Å². The molecule has 1 N–H and O–H groups in total. The quantitative estimate of drug-likeness (QED) is 0.251. The predicted molar refractivity (Wildman–Crippen MR) is 136 cm³/mol. The van der Waals surface area contributed by atoms with E-state index in [1.54, 1.807) is 62.8 Å². The molecular weight excluding hydrogens is 474 g/mol. The van der Waals surface area contributed by atoms with Gasteiger partial charge in [-0.1, -0.05) is 12.1 Å². The van der Waals surface area contributed by atoms with Crippen LogP contribution in [0.2, 0.25) is 0 Å². The lowest BCUT2D eigenvalue weighted by Crippen LogP contribution is -2.26. The first-order valence-corrected chi connectivity index (χ1v) is 11.6. The summed E-state index contributed by atoms with van der Waals surface area (Å²) in [5.41, 5.74) is 2.28. The highest BCUT2D eigenvalue weighted by Gasteiger charge is 2.39. The van der Waals surface area contributed by atoms with Crippen molar-refractivity contribution >= 4 is 28.7 Å². The number of esters is 1. The lowest BCUT2D eigenvalue weighted by molar-refractivity contribution is -0.135. The SMILES string of the molecule is COc1ccc(C=C2Oc3c(ccc4c3C(c3cc5cc(OC)ccc5[nH]c3=O)CC(=O)O4)C2=O)cc1. The zero-order chi connectivity index (χ0) is 25.7. The first kappa shape index (κ1) is 22.6. The van der Waals surface area contributed by atoms with E-state index in [4.69, 9.17) is 18.9 Å². The van der Waals surface area contributed by atoms with Gasteiger partial charge in [0.2, 0.25) is 5.78 Å². The third-order valence-electron chi connectivity index (χ3n) is 6.65. The van der Waals surface area contributed by atoms with E-state index in [-0.39, 0.29) is 29.3 Å². The Morgan fingerprint density at radius 1 is 0.892 bits per heavy atom.